The largest absolute Gasteiger partial charge is 0.455 e. The molecule has 10 aromatic carbocycles. The van der Waals surface area contributed by atoms with Crippen LogP contribution in [-0.2, 0) is 0 Å². The second-order valence-corrected chi connectivity index (χ2v) is 22.4. The fraction of sp³-hybridized carbons (Fsp3) is 0.0323. The van der Waals surface area contributed by atoms with Gasteiger partial charge in [-0.3, -0.25) is 0 Å². The highest BCUT2D eigenvalue weighted by molar-refractivity contribution is 7.03. The first-order valence-corrected chi connectivity index (χ1v) is 25.6. The Morgan fingerprint density at radius 2 is 0.785 bits per heavy atom. The third kappa shape index (κ3) is 6.00. The van der Waals surface area contributed by atoms with Gasteiger partial charge in [-0.25, -0.2) is 0 Å². The third-order valence-electron chi connectivity index (χ3n) is 14.0. The van der Waals surface area contributed by atoms with Gasteiger partial charge < -0.3 is 8.98 Å². The Kier molecular flexibility index (Phi) is 8.40. The zero-order valence-electron chi connectivity index (χ0n) is 36.2. The van der Waals surface area contributed by atoms with E-state index in [0.717, 1.165) is 27.5 Å². The van der Waals surface area contributed by atoms with Crippen molar-refractivity contribution >= 4 is 62.2 Å². The molecule has 2 aromatic heterocycles. The van der Waals surface area contributed by atoms with Crippen LogP contribution in [0, 0.1) is 0 Å². The SMILES string of the molecule is C[Si]1(C)c2cc(-c3cccc4c3oc3ccccc34)ccc2-c2ccc(-n3c4ccc(-c5ccc(-c6ccccc6)cc5)cc4c4cc(-c5ccc(-c6ccccc6)cc5)ccc43)cc21. The summed E-state index contributed by atoms with van der Waals surface area (Å²) < 4.78 is 9.01. The van der Waals surface area contributed by atoms with Gasteiger partial charge in [-0.15, -0.1) is 0 Å². The van der Waals surface area contributed by atoms with Crippen LogP contribution < -0.4 is 10.4 Å². The number of hydrogen-bond donors (Lipinski definition) is 0. The number of para-hydroxylation sites is 2. The number of nitrogens with zero attached hydrogens (tertiary/aromatic N) is 1. The molecule has 0 fully saturated rings. The molecule has 65 heavy (non-hydrogen) atoms. The minimum Gasteiger partial charge on any atom is -0.455 e. The second kappa shape index (κ2) is 14.5. The summed E-state index contributed by atoms with van der Waals surface area (Å²) in [5.74, 6) is 0. The number of fused-ring (bicyclic) bond motifs is 9. The molecule has 2 nitrogen and oxygen atoms in total. The van der Waals surface area contributed by atoms with E-state index in [0.29, 0.717) is 0 Å². The van der Waals surface area contributed by atoms with Gasteiger partial charge >= 0.3 is 0 Å². The molecule has 306 valence electrons. The van der Waals surface area contributed by atoms with Crippen molar-refractivity contribution in [1.82, 2.24) is 4.57 Å². The van der Waals surface area contributed by atoms with Crippen molar-refractivity contribution in [2.24, 2.45) is 0 Å². The van der Waals surface area contributed by atoms with Crippen molar-refractivity contribution in [3.63, 3.8) is 0 Å². The van der Waals surface area contributed by atoms with Crippen molar-refractivity contribution in [3.8, 4) is 72.4 Å². The fourth-order valence-corrected chi connectivity index (χ4v) is 13.7. The minimum atomic E-state index is -2.13. The normalized spacial score (nSPS) is 12.9. The highest BCUT2D eigenvalue weighted by Crippen LogP contribution is 2.41. The molecule has 13 rings (SSSR count). The summed E-state index contributed by atoms with van der Waals surface area (Å²) in [5, 5.41) is 7.77. The van der Waals surface area contributed by atoms with Crippen LogP contribution in [-0.4, -0.2) is 12.6 Å². The van der Waals surface area contributed by atoms with Crippen LogP contribution in [0.2, 0.25) is 13.1 Å². The van der Waals surface area contributed by atoms with Gasteiger partial charge in [0, 0.05) is 32.8 Å². The molecule has 0 atom stereocenters. The smallest absolute Gasteiger partial charge is 0.143 e. The molecule has 12 aromatic rings. The Labute approximate surface area is 379 Å². The zero-order valence-corrected chi connectivity index (χ0v) is 37.2. The summed E-state index contributed by atoms with van der Waals surface area (Å²) in [6, 6.07) is 82.5. The van der Waals surface area contributed by atoms with Crippen LogP contribution in [0.25, 0.3) is 116 Å². The van der Waals surface area contributed by atoms with Gasteiger partial charge in [0.15, 0.2) is 0 Å². The molecule has 0 saturated heterocycles. The topological polar surface area (TPSA) is 18.1 Å². The number of furan rings is 1. The molecule has 0 saturated carbocycles. The predicted octanol–water partition coefficient (Wildman–Crippen LogP) is 15.8. The van der Waals surface area contributed by atoms with Crippen molar-refractivity contribution < 1.29 is 4.42 Å². The van der Waals surface area contributed by atoms with Crippen LogP contribution in [0.4, 0.5) is 0 Å². The lowest BCUT2D eigenvalue weighted by Gasteiger charge is -2.20. The number of hydrogen-bond acceptors (Lipinski definition) is 1. The molecule has 0 spiro atoms. The Morgan fingerprint density at radius 1 is 0.323 bits per heavy atom. The molecule has 0 N–H and O–H groups in total. The molecule has 0 bridgehead atoms. The average Bonchev–Trinajstić information content (AvgIpc) is 3.99. The van der Waals surface area contributed by atoms with Crippen molar-refractivity contribution in [3.05, 3.63) is 224 Å². The van der Waals surface area contributed by atoms with E-state index in [4.69, 9.17) is 4.42 Å². The highest BCUT2D eigenvalue weighted by Gasteiger charge is 2.38. The monoisotopic (exact) mass is 845 g/mol. The maximum absolute atomic E-state index is 6.51. The van der Waals surface area contributed by atoms with E-state index in [1.54, 1.807) is 0 Å². The molecule has 1 aliphatic heterocycles. The van der Waals surface area contributed by atoms with Crippen molar-refractivity contribution in [1.29, 1.82) is 0 Å². The summed E-state index contributed by atoms with van der Waals surface area (Å²) in [6.45, 7) is 5.03. The van der Waals surface area contributed by atoms with Gasteiger partial charge in [0.05, 0.1) is 11.0 Å². The summed E-state index contributed by atoms with van der Waals surface area (Å²) in [6.07, 6.45) is 0. The van der Waals surface area contributed by atoms with E-state index in [1.165, 1.54) is 99.1 Å². The fourth-order valence-electron chi connectivity index (χ4n) is 10.6. The Hall–Kier alpha value is -7.98. The van der Waals surface area contributed by atoms with Gasteiger partial charge in [-0.2, -0.15) is 0 Å². The molecular formula is C62H43NOSi. The Morgan fingerprint density at radius 3 is 1.38 bits per heavy atom. The van der Waals surface area contributed by atoms with Gasteiger partial charge in [-0.05, 0) is 114 Å². The molecule has 3 heteroatoms. The zero-order chi connectivity index (χ0) is 43.2. The van der Waals surface area contributed by atoms with E-state index in [9.17, 15) is 0 Å². The number of rotatable bonds is 6. The third-order valence-corrected chi connectivity index (χ3v) is 17.6. The average molecular weight is 846 g/mol. The molecule has 0 aliphatic carbocycles. The van der Waals surface area contributed by atoms with Crippen LogP contribution in [0.5, 0.6) is 0 Å². The van der Waals surface area contributed by atoms with E-state index >= 15 is 0 Å². The molecule has 3 heterocycles. The standard InChI is InChI=1S/C62H43NOSi/c1-65(2)60-38-48(50-17-11-18-54-51-16-9-10-19-59(51)64-62(50)54)28-32-52(60)53-33-31-49(39-61(53)65)63-57-34-29-46(44-24-20-42(21-25-44)40-12-5-3-6-13-40)36-55(57)56-37-47(30-35-58(56)63)45-26-22-43(23-27-45)41-14-7-4-8-15-41/h3-39H,1-2H3. The van der Waals surface area contributed by atoms with Gasteiger partial charge in [-0.1, -0.05) is 195 Å². The molecule has 0 unspecified atom stereocenters. The number of benzene rings is 10. The van der Waals surface area contributed by atoms with E-state index in [-0.39, 0.29) is 0 Å². The molecular weight excluding hydrogens is 803 g/mol. The summed E-state index contributed by atoms with van der Waals surface area (Å²) >= 11 is 0. The first-order chi connectivity index (χ1) is 32.0. The molecule has 0 radical (unpaired) electrons. The van der Waals surface area contributed by atoms with Crippen molar-refractivity contribution in [2.45, 2.75) is 13.1 Å². The van der Waals surface area contributed by atoms with Crippen LogP contribution in [0.15, 0.2) is 229 Å². The molecule has 1 aliphatic rings. The van der Waals surface area contributed by atoms with Crippen molar-refractivity contribution in [2.75, 3.05) is 0 Å². The quantitative estimate of drug-likeness (QED) is 0.153. The minimum absolute atomic E-state index is 0.929. The summed E-state index contributed by atoms with van der Waals surface area (Å²) in [7, 11) is -2.13. The maximum Gasteiger partial charge on any atom is 0.143 e. The second-order valence-electron chi connectivity index (χ2n) is 18.1. The number of aromatic nitrogens is 1. The lowest BCUT2D eigenvalue weighted by atomic mass is 9.97. The van der Waals surface area contributed by atoms with Gasteiger partial charge in [0.2, 0.25) is 0 Å². The Balaban J connectivity index is 0.930. The lowest BCUT2D eigenvalue weighted by molar-refractivity contribution is 0.670. The maximum atomic E-state index is 6.51. The van der Waals surface area contributed by atoms with Crippen LogP contribution in [0.3, 0.4) is 0 Å². The lowest BCUT2D eigenvalue weighted by Crippen LogP contribution is -2.49. The van der Waals surface area contributed by atoms with E-state index < -0.39 is 8.07 Å². The predicted molar refractivity (Wildman–Crippen MR) is 277 cm³/mol. The first-order valence-electron chi connectivity index (χ1n) is 22.6. The van der Waals surface area contributed by atoms with Gasteiger partial charge in [0.1, 0.15) is 19.2 Å². The summed E-state index contributed by atoms with van der Waals surface area (Å²) in [4.78, 5) is 0. The van der Waals surface area contributed by atoms with Crippen LogP contribution in [0.1, 0.15) is 0 Å². The summed E-state index contributed by atoms with van der Waals surface area (Å²) in [5.41, 5.74) is 20.3. The van der Waals surface area contributed by atoms with E-state index in [2.05, 4.69) is 236 Å². The van der Waals surface area contributed by atoms with Crippen LogP contribution >= 0.6 is 0 Å². The molecule has 0 amide bonds. The highest BCUT2D eigenvalue weighted by atomic mass is 28.3. The van der Waals surface area contributed by atoms with Gasteiger partial charge in [0.25, 0.3) is 0 Å². The Bertz CT molecular complexity index is 3680. The first kappa shape index (κ1) is 37.6. The van der Waals surface area contributed by atoms with E-state index in [1.807, 2.05) is 6.07 Å².